The number of fused-ring (bicyclic) bond motifs is 8. The number of benzene rings is 10. The van der Waals surface area contributed by atoms with Gasteiger partial charge in [-0.05, 0) is 122 Å². The third-order valence-corrected chi connectivity index (χ3v) is 12.2. The SMILES string of the molecule is CC1(C)c2cccc(-c3cccc(-c4c5ccccc5c(-c5ccccc5-c5ccc6ccccc6c5)c5ccccc45)c3)c2-c2c1ccc1ccccc21. The highest BCUT2D eigenvalue weighted by Gasteiger charge is 2.37. The summed E-state index contributed by atoms with van der Waals surface area (Å²) in [5, 5.41) is 10.2. The Labute approximate surface area is 322 Å². The molecule has 11 rings (SSSR count). The maximum Gasteiger partial charge on any atom is 0.0159 e. The third kappa shape index (κ3) is 4.78. The summed E-state index contributed by atoms with van der Waals surface area (Å²) in [7, 11) is 0. The van der Waals surface area contributed by atoms with Crippen LogP contribution in [-0.2, 0) is 5.41 Å². The number of hydrogen-bond donors (Lipinski definition) is 0. The lowest BCUT2D eigenvalue weighted by molar-refractivity contribution is 0.661. The Hall–Kier alpha value is -6.76. The van der Waals surface area contributed by atoms with Crippen molar-refractivity contribution in [1.29, 1.82) is 0 Å². The highest BCUT2D eigenvalue weighted by Crippen LogP contribution is 2.55. The molecular weight excluding hydrogens is 661 g/mol. The first-order valence-electron chi connectivity index (χ1n) is 19.4. The van der Waals surface area contributed by atoms with Gasteiger partial charge in [-0.3, -0.25) is 0 Å². The fraction of sp³-hybridized carbons (Fsp3) is 0.0545. The summed E-state index contributed by atoms with van der Waals surface area (Å²) < 4.78 is 0. The molecule has 1 aliphatic carbocycles. The van der Waals surface area contributed by atoms with Gasteiger partial charge in [0.15, 0.2) is 0 Å². The Morgan fingerprint density at radius 1 is 0.273 bits per heavy atom. The van der Waals surface area contributed by atoms with Crippen molar-refractivity contribution in [3.05, 3.63) is 205 Å². The molecule has 1 aliphatic rings. The second-order valence-electron chi connectivity index (χ2n) is 15.6. The van der Waals surface area contributed by atoms with Crippen molar-refractivity contribution in [2.24, 2.45) is 0 Å². The van der Waals surface area contributed by atoms with Crippen LogP contribution in [0.1, 0.15) is 25.0 Å². The molecule has 0 unspecified atom stereocenters. The molecule has 0 saturated heterocycles. The van der Waals surface area contributed by atoms with Gasteiger partial charge in [0.2, 0.25) is 0 Å². The smallest absolute Gasteiger partial charge is 0.0159 e. The van der Waals surface area contributed by atoms with Gasteiger partial charge in [-0.1, -0.05) is 196 Å². The summed E-state index contributed by atoms with van der Waals surface area (Å²) >= 11 is 0. The molecule has 0 fully saturated rings. The van der Waals surface area contributed by atoms with E-state index in [-0.39, 0.29) is 5.41 Å². The van der Waals surface area contributed by atoms with Gasteiger partial charge in [-0.2, -0.15) is 0 Å². The normalized spacial score (nSPS) is 13.1. The van der Waals surface area contributed by atoms with E-state index >= 15 is 0 Å². The van der Waals surface area contributed by atoms with E-state index in [0.717, 1.165) is 0 Å². The third-order valence-electron chi connectivity index (χ3n) is 12.2. The monoisotopic (exact) mass is 698 g/mol. The first kappa shape index (κ1) is 31.7. The van der Waals surface area contributed by atoms with Crippen LogP contribution >= 0.6 is 0 Å². The Morgan fingerprint density at radius 3 is 1.53 bits per heavy atom. The molecule has 0 heterocycles. The van der Waals surface area contributed by atoms with Gasteiger partial charge in [0.1, 0.15) is 0 Å². The highest BCUT2D eigenvalue weighted by molar-refractivity contribution is 6.22. The maximum atomic E-state index is 2.43. The van der Waals surface area contributed by atoms with Crippen molar-refractivity contribution in [3.8, 4) is 55.6 Å². The Kier molecular flexibility index (Phi) is 7.00. The van der Waals surface area contributed by atoms with E-state index in [4.69, 9.17) is 0 Å². The first-order valence-corrected chi connectivity index (χ1v) is 19.4. The fourth-order valence-corrected chi connectivity index (χ4v) is 9.67. The van der Waals surface area contributed by atoms with Crippen molar-refractivity contribution in [2.75, 3.05) is 0 Å². The fourth-order valence-electron chi connectivity index (χ4n) is 9.67. The largest absolute Gasteiger partial charge is 0.0616 e. The molecule has 0 atom stereocenters. The quantitative estimate of drug-likeness (QED) is 0.161. The Bertz CT molecular complexity index is 3120. The molecule has 0 bridgehead atoms. The van der Waals surface area contributed by atoms with E-state index in [1.807, 2.05) is 0 Å². The molecule has 0 aliphatic heterocycles. The first-order chi connectivity index (χ1) is 27.1. The van der Waals surface area contributed by atoms with E-state index in [9.17, 15) is 0 Å². The molecule has 55 heavy (non-hydrogen) atoms. The minimum Gasteiger partial charge on any atom is -0.0616 e. The van der Waals surface area contributed by atoms with Crippen LogP contribution in [0.5, 0.6) is 0 Å². The minimum absolute atomic E-state index is 0.0896. The van der Waals surface area contributed by atoms with Gasteiger partial charge in [0, 0.05) is 5.41 Å². The molecule has 0 N–H and O–H groups in total. The van der Waals surface area contributed by atoms with Crippen LogP contribution in [0.4, 0.5) is 0 Å². The van der Waals surface area contributed by atoms with Crippen LogP contribution < -0.4 is 0 Å². The zero-order valence-corrected chi connectivity index (χ0v) is 31.0. The van der Waals surface area contributed by atoms with Crippen LogP contribution in [0.2, 0.25) is 0 Å². The molecular formula is C55H38. The lowest BCUT2D eigenvalue weighted by Gasteiger charge is -2.22. The van der Waals surface area contributed by atoms with Crippen LogP contribution in [0, 0.1) is 0 Å². The van der Waals surface area contributed by atoms with Crippen LogP contribution in [-0.4, -0.2) is 0 Å². The summed E-state index contributed by atoms with van der Waals surface area (Å²) in [5.74, 6) is 0. The number of rotatable bonds is 4. The van der Waals surface area contributed by atoms with Gasteiger partial charge in [-0.15, -0.1) is 0 Å². The highest BCUT2D eigenvalue weighted by atomic mass is 14.4. The van der Waals surface area contributed by atoms with Crippen molar-refractivity contribution in [3.63, 3.8) is 0 Å². The predicted molar refractivity (Wildman–Crippen MR) is 236 cm³/mol. The van der Waals surface area contributed by atoms with Gasteiger partial charge >= 0.3 is 0 Å². The maximum absolute atomic E-state index is 2.43. The zero-order chi connectivity index (χ0) is 36.7. The molecule has 0 radical (unpaired) electrons. The molecule has 0 saturated carbocycles. The van der Waals surface area contributed by atoms with Crippen molar-refractivity contribution < 1.29 is 0 Å². The molecule has 0 heteroatoms. The topological polar surface area (TPSA) is 0 Å². The molecule has 10 aromatic rings. The summed E-state index contributed by atoms with van der Waals surface area (Å²) in [4.78, 5) is 0. The summed E-state index contributed by atoms with van der Waals surface area (Å²) in [6.07, 6.45) is 0. The second-order valence-corrected chi connectivity index (χ2v) is 15.6. The lowest BCUT2D eigenvalue weighted by Crippen LogP contribution is -2.14. The molecule has 0 amide bonds. The van der Waals surface area contributed by atoms with Crippen molar-refractivity contribution in [1.82, 2.24) is 0 Å². The lowest BCUT2D eigenvalue weighted by atomic mass is 9.81. The van der Waals surface area contributed by atoms with Crippen LogP contribution in [0.25, 0.3) is 98.7 Å². The van der Waals surface area contributed by atoms with Gasteiger partial charge in [0.05, 0.1) is 0 Å². The van der Waals surface area contributed by atoms with Crippen LogP contribution in [0.3, 0.4) is 0 Å². The summed E-state index contributed by atoms with van der Waals surface area (Å²) in [6, 6.07) is 72.2. The van der Waals surface area contributed by atoms with Gasteiger partial charge in [0.25, 0.3) is 0 Å². The molecule has 258 valence electrons. The molecule has 0 aromatic heterocycles. The van der Waals surface area contributed by atoms with E-state index in [0.29, 0.717) is 0 Å². The minimum atomic E-state index is -0.0896. The van der Waals surface area contributed by atoms with Crippen molar-refractivity contribution in [2.45, 2.75) is 19.3 Å². The van der Waals surface area contributed by atoms with Gasteiger partial charge < -0.3 is 0 Å². The zero-order valence-electron chi connectivity index (χ0n) is 31.0. The second kappa shape index (κ2) is 12.1. The predicted octanol–water partition coefficient (Wildman–Crippen LogP) is 15.3. The average molecular weight is 699 g/mol. The number of hydrogen-bond acceptors (Lipinski definition) is 0. The van der Waals surface area contributed by atoms with E-state index in [2.05, 4.69) is 208 Å². The molecule has 10 aromatic carbocycles. The average Bonchev–Trinajstić information content (AvgIpc) is 3.48. The van der Waals surface area contributed by atoms with E-state index < -0.39 is 0 Å². The molecule has 0 spiro atoms. The van der Waals surface area contributed by atoms with E-state index in [1.165, 1.54) is 110 Å². The van der Waals surface area contributed by atoms with Crippen LogP contribution in [0.15, 0.2) is 194 Å². The van der Waals surface area contributed by atoms with Crippen molar-refractivity contribution >= 4 is 43.1 Å². The standard InChI is InChI=1S/C55H38/c1-55(2)49-28-14-27-43(54(49)53-42-21-6-5-16-36(42)31-32-50(53)55)38-18-13-19-40(34-38)51-45-23-9-11-25-47(45)52(48-26-12-10-24-46(48)51)44-22-8-7-20-41(44)39-30-29-35-15-3-4-17-37(35)33-39/h3-34H,1-2H3. The molecule has 0 nitrogen and oxygen atoms in total. The summed E-state index contributed by atoms with van der Waals surface area (Å²) in [5.41, 5.74) is 15.5. The summed E-state index contributed by atoms with van der Waals surface area (Å²) in [6.45, 7) is 4.76. The Balaban J connectivity index is 1.14. The van der Waals surface area contributed by atoms with E-state index in [1.54, 1.807) is 0 Å². The Morgan fingerprint density at radius 2 is 0.782 bits per heavy atom. The van der Waals surface area contributed by atoms with Gasteiger partial charge in [-0.25, -0.2) is 0 Å².